The van der Waals surface area contributed by atoms with E-state index in [2.05, 4.69) is 11.9 Å². The van der Waals surface area contributed by atoms with Crippen molar-refractivity contribution in [2.24, 2.45) is 0 Å². The number of nitriles is 1. The summed E-state index contributed by atoms with van der Waals surface area (Å²) in [4.78, 5) is 16.5. The normalized spacial score (nSPS) is 17.3. The largest absolute Gasteiger partial charge is 0.338 e. The lowest BCUT2D eigenvalue weighted by atomic mass is 10.0. The maximum absolute atomic E-state index is 12.5. The molecule has 0 spiro atoms. The maximum Gasteiger partial charge on any atom is 0.264 e. The maximum atomic E-state index is 12.5. The Bertz CT molecular complexity index is 551. The molecule has 1 aliphatic heterocycles. The number of rotatable bonds is 3. The van der Waals surface area contributed by atoms with E-state index in [-0.39, 0.29) is 17.5 Å². The van der Waals surface area contributed by atoms with Crippen molar-refractivity contribution in [1.82, 2.24) is 9.80 Å². The van der Waals surface area contributed by atoms with Crippen molar-refractivity contribution in [1.29, 1.82) is 5.26 Å². The second-order valence-corrected chi connectivity index (χ2v) is 5.53. The Morgan fingerprint density at radius 3 is 2.52 bits per heavy atom. The van der Waals surface area contributed by atoms with Gasteiger partial charge in [0.1, 0.15) is 11.6 Å². The number of hydrogen-bond acceptors (Lipinski definition) is 3. The van der Waals surface area contributed by atoms with Gasteiger partial charge in [0.05, 0.1) is 0 Å². The molecule has 0 saturated carbocycles. The monoisotopic (exact) mass is 283 g/mol. The molecule has 1 aromatic rings. The number of carbonyl (C=O) groups is 1. The summed E-state index contributed by atoms with van der Waals surface area (Å²) in [5, 5.41) is 9.27. The highest BCUT2D eigenvalue weighted by atomic mass is 16.2. The Hall–Kier alpha value is -2.12. The Balaban J connectivity index is 2.10. The SMILES string of the molecule is CN1CCC(N(C)C(=O)/C(C#N)=C/c2ccccc2)CC1. The summed E-state index contributed by atoms with van der Waals surface area (Å²) in [5.74, 6) is -0.184. The minimum atomic E-state index is -0.184. The highest BCUT2D eigenvalue weighted by Gasteiger charge is 2.25. The predicted octanol–water partition coefficient (Wildman–Crippen LogP) is 2.15. The molecule has 1 aromatic carbocycles. The average Bonchev–Trinajstić information content (AvgIpc) is 2.53. The van der Waals surface area contributed by atoms with Crippen molar-refractivity contribution in [3.63, 3.8) is 0 Å². The van der Waals surface area contributed by atoms with Crippen LogP contribution < -0.4 is 0 Å². The molecule has 1 aliphatic rings. The first-order valence-electron chi connectivity index (χ1n) is 7.24. The van der Waals surface area contributed by atoms with Crippen LogP contribution in [0.5, 0.6) is 0 Å². The third-order valence-corrected chi connectivity index (χ3v) is 4.02. The van der Waals surface area contributed by atoms with Crippen LogP contribution in [0.2, 0.25) is 0 Å². The third kappa shape index (κ3) is 3.93. The fourth-order valence-corrected chi connectivity index (χ4v) is 2.60. The summed E-state index contributed by atoms with van der Waals surface area (Å²) >= 11 is 0. The molecule has 4 heteroatoms. The molecular weight excluding hydrogens is 262 g/mol. The Kier molecular flexibility index (Phi) is 5.13. The topological polar surface area (TPSA) is 47.3 Å². The van der Waals surface area contributed by atoms with Crippen LogP contribution in [-0.2, 0) is 4.79 Å². The molecule has 1 heterocycles. The van der Waals surface area contributed by atoms with Crippen molar-refractivity contribution >= 4 is 12.0 Å². The Labute approximate surface area is 126 Å². The zero-order chi connectivity index (χ0) is 15.2. The first-order chi connectivity index (χ1) is 10.1. The zero-order valence-electron chi connectivity index (χ0n) is 12.6. The third-order valence-electron chi connectivity index (χ3n) is 4.02. The highest BCUT2D eigenvalue weighted by molar-refractivity contribution is 6.01. The molecule has 0 aromatic heterocycles. The van der Waals surface area contributed by atoms with Crippen molar-refractivity contribution in [2.75, 3.05) is 27.2 Å². The zero-order valence-corrected chi connectivity index (χ0v) is 12.6. The number of likely N-dealkylation sites (tertiary alicyclic amines) is 1. The molecule has 0 atom stereocenters. The second-order valence-electron chi connectivity index (χ2n) is 5.53. The fraction of sp³-hybridized carbons (Fsp3) is 0.412. The van der Waals surface area contributed by atoms with E-state index in [4.69, 9.17) is 0 Å². The van der Waals surface area contributed by atoms with Gasteiger partial charge in [-0.3, -0.25) is 4.79 Å². The van der Waals surface area contributed by atoms with Crippen molar-refractivity contribution in [3.8, 4) is 6.07 Å². The van der Waals surface area contributed by atoms with Crippen LogP contribution in [0.25, 0.3) is 6.08 Å². The molecule has 110 valence electrons. The molecule has 2 rings (SSSR count). The molecule has 0 bridgehead atoms. The number of hydrogen-bond donors (Lipinski definition) is 0. The van der Waals surface area contributed by atoms with Gasteiger partial charge in [0.2, 0.25) is 0 Å². The van der Waals surface area contributed by atoms with Gasteiger partial charge in [0, 0.05) is 13.1 Å². The summed E-state index contributed by atoms with van der Waals surface area (Å²) in [5.41, 5.74) is 1.07. The number of amides is 1. The lowest BCUT2D eigenvalue weighted by Crippen LogP contribution is -2.44. The van der Waals surface area contributed by atoms with Crippen LogP contribution in [0.1, 0.15) is 18.4 Å². The van der Waals surface area contributed by atoms with E-state index in [1.54, 1.807) is 18.0 Å². The highest BCUT2D eigenvalue weighted by Crippen LogP contribution is 2.17. The van der Waals surface area contributed by atoms with E-state index in [1.807, 2.05) is 36.4 Å². The molecule has 0 N–H and O–H groups in total. The van der Waals surface area contributed by atoms with Crippen LogP contribution in [0, 0.1) is 11.3 Å². The van der Waals surface area contributed by atoms with Crippen LogP contribution >= 0.6 is 0 Å². The Morgan fingerprint density at radius 1 is 1.33 bits per heavy atom. The van der Waals surface area contributed by atoms with Gasteiger partial charge in [-0.15, -0.1) is 0 Å². The van der Waals surface area contributed by atoms with Crippen molar-refractivity contribution < 1.29 is 4.79 Å². The lowest BCUT2D eigenvalue weighted by Gasteiger charge is -2.35. The molecular formula is C17H21N3O. The van der Waals surface area contributed by atoms with E-state index in [1.165, 1.54) is 0 Å². The van der Waals surface area contributed by atoms with E-state index < -0.39 is 0 Å². The minimum Gasteiger partial charge on any atom is -0.338 e. The molecule has 1 saturated heterocycles. The number of likely N-dealkylation sites (N-methyl/N-ethyl adjacent to an activating group) is 1. The standard InChI is InChI=1S/C17H21N3O/c1-19-10-8-16(9-11-19)20(2)17(21)15(13-18)12-14-6-4-3-5-7-14/h3-7,12,16H,8-11H2,1-2H3/b15-12+. The Morgan fingerprint density at radius 2 is 1.95 bits per heavy atom. The summed E-state index contributed by atoms with van der Waals surface area (Å²) < 4.78 is 0. The van der Waals surface area contributed by atoms with E-state index >= 15 is 0 Å². The van der Waals surface area contributed by atoms with Crippen molar-refractivity contribution in [2.45, 2.75) is 18.9 Å². The van der Waals surface area contributed by atoms with Crippen LogP contribution in [0.4, 0.5) is 0 Å². The summed E-state index contributed by atoms with van der Waals surface area (Å²) in [6.07, 6.45) is 3.58. The molecule has 0 aliphatic carbocycles. The first-order valence-corrected chi connectivity index (χ1v) is 7.24. The number of piperidine rings is 1. The number of benzene rings is 1. The lowest BCUT2D eigenvalue weighted by molar-refractivity contribution is -0.128. The van der Waals surface area contributed by atoms with Gasteiger partial charge in [-0.25, -0.2) is 0 Å². The van der Waals surface area contributed by atoms with E-state index in [0.717, 1.165) is 31.5 Å². The second kappa shape index (κ2) is 7.05. The van der Waals surface area contributed by atoms with Gasteiger partial charge in [-0.2, -0.15) is 5.26 Å². The van der Waals surface area contributed by atoms with Gasteiger partial charge in [-0.05, 0) is 44.6 Å². The van der Waals surface area contributed by atoms with Crippen LogP contribution in [-0.4, -0.2) is 48.9 Å². The van der Waals surface area contributed by atoms with Gasteiger partial charge in [-0.1, -0.05) is 30.3 Å². The summed E-state index contributed by atoms with van der Waals surface area (Å²) in [6.45, 7) is 1.99. The van der Waals surface area contributed by atoms with Crippen molar-refractivity contribution in [3.05, 3.63) is 41.5 Å². The minimum absolute atomic E-state index is 0.184. The van der Waals surface area contributed by atoms with E-state index in [9.17, 15) is 10.1 Å². The quantitative estimate of drug-likeness (QED) is 0.631. The van der Waals surface area contributed by atoms with E-state index in [0.29, 0.717) is 0 Å². The molecule has 4 nitrogen and oxygen atoms in total. The van der Waals surface area contributed by atoms with Gasteiger partial charge < -0.3 is 9.80 Å². The summed E-state index contributed by atoms with van der Waals surface area (Å²) in [7, 11) is 3.89. The fourth-order valence-electron chi connectivity index (χ4n) is 2.60. The molecule has 21 heavy (non-hydrogen) atoms. The number of nitrogens with zero attached hydrogens (tertiary/aromatic N) is 3. The molecule has 1 amide bonds. The first kappa shape index (κ1) is 15.3. The van der Waals surface area contributed by atoms with Crippen LogP contribution in [0.3, 0.4) is 0 Å². The van der Waals surface area contributed by atoms with Gasteiger partial charge in [0.15, 0.2) is 0 Å². The molecule has 0 radical (unpaired) electrons. The smallest absolute Gasteiger partial charge is 0.264 e. The summed E-state index contributed by atoms with van der Waals surface area (Å²) in [6, 6.07) is 11.7. The van der Waals surface area contributed by atoms with Crippen LogP contribution in [0.15, 0.2) is 35.9 Å². The van der Waals surface area contributed by atoms with Gasteiger partial charge >= 0.3 is 0 Å². The predicted molar refractivity (Wildman–Crippen MR) is 83.3 cm³/mol. The molecule has 0 unspecified atom stereocenters. The number of carbonyl (C=O) groups excluding carboxylic acids is 1. The average molecular weight is 283 g/mol. The molecule has 1 fully saturated rings. The van der Waals surface area contributed by atoms with Gasteiger partial charge in [0.25, 0.3) is 5.91 Å².